The van der Waals surface area contributed by atoms with Crippen LogP contribution in [0.4, 0.5) is 0 Å². The van der Waals surface area contributed by atoms with E-state index in [1.807, 2.05) is 0 Å². The lowest BCUT2D eigenvalue weighted by Crippen LogP contribution is -2.04. The van der Waals surface area contributed by atoms with Crippen LogP contribution in [0, 0.1) is 10.1 Å². The highest BCUT2D eigenvalue weighted by atomic mass is 16.6. The highest BCUT2D eigenvalue weighted by Crippen LogP contribution is 1.84. The Labute approximate surface area is 47.8 Å². The third kappa shape index (κ3) is 5.36. The van der Waals surface area contributed by atoms with Gasteiger partial charge in [-0.15, -0.1) is 0 Å². The van der Waals surface area contributed by atoms with Gasteiger partial charge in [0.25, 0.3) is 0 Å². The Bertz CT molecular complexity index is 74.4. The fraction of sp³-hybridized carbons (Fsp3) is 1.00. The van der Waals surface area contributed by atoms with Crippen molar-refractivity contribution >= 4 is 0 Å². The van der Waals surface area contributed by atoms with Crippen LogP contribution in [0.25, 0.3) is 0 Å². The number of hydrogen-bond acceptors (Lipinski definition) is 3. The van der Waals surface area contributed by atoms with Crippen molar-refractivity contribution in [3.05, 3.63) is 10.1 Å². The van der Waals surface area contributed by atoms with Crippen LogP contribution in [-0.2, 0) is 0 Å². The van der Waals surface area contributed by atoms with Crippen molar-refractivity contribution in [2.45, 2.75) is 12.8 Å². The Kier molecular flexibility index (Phi) is 4.16. The van der Waals surface area contributed by atoms with Crippen LogP contribution in [0.2, 0.25) is 0 Å². The van der Waals surface area contributed by atoms with Crippen LogP contribution in [0.3, 0.4) is 0 Å². The minimum Gasteiger partial charge on any atom is -0.330 e. The maximum Gasteiger partial charge on any atom is 0.203 e. The third-order valence-electron chi connectivity index (χ3n) is 0.795. The van der Waals surface area contributed by atoms with Gasteiger partial charge >= 0.3 is 0 Å². The molecule has 0 atom stereocenters. The van der Waals surface area contributed by atoms with Crippen molar-refractivity contribution in [2.75, 3.05) is 13.1 Å². The molecule has 0 aliphatic rings. The molecule has 0 spiro atoms. The second kappa shape index (κ2) is 4.52. The van der Waals surface area contributed by atoms with E-state index in [9.17, 15) is 10.1 Å². The van der Waals surface area contributed by atoms with E-state index in [0.717, 1.165) is 6.42 Å². The molecule has 4 heteroatoms. The van der Waals surface area contributed by atoms with Gasteiger partial charge in [-0.2, -0.15) is 0 Å². The Morgan fingerprint density at radius 3 is 2.50 bits per heavy atom. The monoisotopic (exact) mass is 118 g/mol. The lowest BCUT2D eigenvalue weighted by atomic mass is 10.3. The summed E-state index contributed by atoms with van der Waals surface area (Å²) in [6.45, 7) is 0.602. The zero-order valence-corrected chi connectivity index (χ0v) is 4.67. The summed E-state index contributed by atoms with van der Waals surface area (Å²) in [5, 5.41) is 9.64. The molecule has 0 aliphatic heterocycles. The van der Waals surface area contributed by atoms with Crippen molar-refractivity contribution in [3.8, 4) is 0 Å². The van der Waals surface area contributed by atoms with Gasteiger partial charge in [-0.25, -0.2) is 0 Å². The minimum absolute atomic E-state index is 0.0528. The predicted octanol–water partition coefficient (Wildman–Crippen LogP) is 0.00200. The van der Waals surface area contributed by atoms with Gasteiger partial charge in [0.05, 0.1) is 0 Å². The molecule has 0 rings (SSSR count). The van der Waals surface area contributed by atoms with Crippen molar-refractivity contribution in [2.24, 2.45) is 5.73 Å². The second-order valence-electron chi connectivity index (χ2n) is 1.55. The molecular weight excluding hydrogens is 108 g/mol. The van der Waals surface area contributed by atoms with Crippen LogP contribution in [0.1, 0.15) is 12.8 Å². The van der Waals surface area contributed by atoms with Gasteiger partial charge in [-0.3, -0.25) is 10.1 Å². The van der Waals surface area contributed by atoms with Gasteiger partial charge in [-0.1, -0.05) is 0 Å². The quantitative estimate of drug-likeness (QED) is 0.321. The van der Waals surface area contributed by atoms with Crippen molar-refractivity contribution in [3.63, 3.8) is 0 Å². The summed E-state index contributed by atoms with van der Waals surface area (Å²) in [7, 11) is 0. The largest absolute Gasteiger partial charge is 0.330 e. The summed E-state index contributed by atoms with van der Waals surface area (Å²) in [4.78, 5) is 9.32. The molecule has 4 nitrogen and oxygen atoms in total. The molecule has 0 aliphatic carbocycles. The normalized spacial score (nSPS) is 9.12. The summed E-state index contributed by atoms with van der Waals surface area (Å²) in [5.74, 6) is 0. The molecule has 8 heavy (non-hydrogen) atoms. The van der Waals surface area contributed by atoms with E-state index in [2.05, 4.69) is 0 Å². The summed E-state index contributed by atoms with van der Waals surface area (Å²) >= 11 is 0. The van der Waals surface area contributed by atoms with Gasteiger partial charge in [0.1, 0.15) is 0 Å². The van der Waals surface area contributed by atoms with E-state index >= 15 is 0 Å². The van der Waals surface area contributed by atoms with Crippen molar-refractivity contribution < 1.29 is 4.92 Å². The molecule has 0 saturated carbocycles. The van der Waals surface area contributed by atoms with Gasteiger partial charge in [-0.05, 0) is 13.0 Å². The summed E-state index contributed by atoms with van der Waals surface area (Å²) in [6, 6.07) is 0. The standard InChI is InChI=1S/C4H10N2O2/c5-3-1-2-4-6(7)8/h1-5H2. The first-order valence-corrected chi connectivity index (χ1v) is 2.59. The highest BCUT2D eigenvalue weighted by Gasteiger charge is 1.92. The molecule has 0 saturated heterocycles. The molecule has 0 fully saturated rings. The summed E-state index contributed by atoms with van der Waals surface area (Å²) in [6.07, 6.45) is 1.35. The van der Waals surface area contributed by atoms with E-state index in [1.165, 1.54) is 0 Å². The summed E-state index contributed by atoms with van der Waals surface area (Å²) in [5.41, 5.74) is 5.09. The fourth-order valence-electron chi connectivity index (χ4n) is 0.385. The Hall–Kier alpha value is -0.640. The lowest BCUT2D eigenvalue weighted by Gasteiger charge is -1.88. The minimum atomic E-state index is -0.324. The number of nitrogens with zero attached hydrogens (tertiary/aromatic N) is 1. The lowest BCUT2D eigenvalue weighted by molar-refractivity contribution is -0.480. The van der Waals surface area contributed by atoms with Gasteiger partial charge in [0.15, 0.2) is 0 Å². The van der Waals surface area contributed by atoms with E-state index < -0.39 is 0 Å². The maximum absolute atomic E-state index is 9.64. The maximum atomic E-state index is 9.64. The first kappa shape index (κ1) is 7.36. The van der Waals surface area contributed by atoms with Crippen LogP contribution >= 0.6 is 0 Å². The molecule has 0 aromatic heterocycles. The van der Waals surface area contributed by atoms with E-state index in [4.69, 9.17) is 5.73 Å². The molecule has 0 aromatic rings. The Morgan fingerprint density at radius 2 is 2.12 bits per heavy atom. The van der Waals surface area contributed by atoms with Gasteiger partial charge < -0.3 is 5.73 Å². The molecule has 2 N–H and O–H groups in total. The Balaban J connectivity index is 2.82. The fourth-order valence-corrected chi connectivity index (χ4v) is 0.385. The zero-order valence-electron chi connectivity index (χ0n) is 4.67. The van der Waals surface area contributed by atoms with E-state index in [1.54, 1.807) is 0 Å². The molecule has 0 bridgehead atoms. The van der Waals surface area contributed by atoms with Gasteiger partial charge in [0, 0.05) is 11.3 Å². The molecule has 0 aromatic carbocycles. The topological polar surface area (TPSA) is 69.2 Å². The first-order valence-electron chi connectivity index (χ1n) is 2.59. The molecular formula is C4H10N2O2. The van der Waals surface area contributed by atoms with E-state index in [-0.39, 0.29) is 11.5 Å². The molecule has 0 amide bonds. The molecule has 0 unspecified atom stereocenters. The highest BCUT2D eigenvalue weighted by molar-refractivity contribution is 4.36. The third-order valence-corrected chi connectivity index (χ3v) is 0.795. The van der Waals surface area contributed by atoms with Crippen molar-refractivity contribution in [1.29, 1.82) is 0 Å². The van der Waals surface area contributed by atoms with Crippen LogP contribution in [0.15, 0.2) is 0 Å². The van der Waals surface area contributed by atoms with Crippen LogP contribution in [-0.4, -0.2) is 18.0 Å². The molecule has 48 valence electrons. The molecule has 0 heterocycles. The Morgan fingerprint density at radius 1 is 1.50 bits per heavy atom. The van der Waals surface area contributed by atoms with Crippen LogP contribution < -0.4 is 5.73 Å². The second-order valence-corrected chi connectivity index (χ2v) is 1.55. The summed E-state index contributed by atoms with van der Waals surface area (Å²) < 4.78 is 0. The number of hydrogen-bond donors (Lipinski definition) is 1. The SMILES string of the molecule is NCCCC[N+](=O)[O-]. The molecule has 0 radical (unpaired) electrons. The number of nitrogens with two attached hydrogens (primary N) is 1. The number of nitro groups is 1. The van der Waals surface area contributed by atoms with Crippen molar-refractivity contribution in [1.82, 2.24) is 0 Å². The number of unbranched alkanes of at least 4 members (excludes halogenated alkanes) is 1. The predicted molar refractivity (Wildman–Crippen MR) is 30.1 cm³/mol. The average Bonchev–Trinajstić information content (AvgIpc) is 1.66. The van der Waals surface area contributed by atoms with Gasteiger partial charge in [0.2, 0.25) is 6.54 Å². The number of rotatable bonds is 4. The average molecular weight is 118 g/mol. The van der Waals surface area contributed by atoms with Crippen LogP contribution in [0.5, 0.6) is 0 Å². The smallest absolute Gasteiger partial charge is 0.203 e. The first-order chi connectivity index (χ1) is 3.77. The van der Waals surface area contributed by atoms with E-state index in [0.29, 0.717) is 13.0 Å². The zero-order chi connectivity index (χ0) is 6.41.